The first kappa shape index (κ1) is 22.2. The Hall–Kier alpha value is -2.51. The number of amides is 1. The van der Waals surface area contributed by atoms with Crippen LogP contribution < -0.4 is 5.32 Å². The highest BCUT2D eigenvalue weighted by Gasteiger charge is 2.17. The Bertz CT molecular complexity index is 1030. The van der Waals surface area contributed by atoms with Crippen molar-refractivity contribution in [2.45, 2.75) is 47.1 Å². The molecule has 160 valence electrons. The Morgan fingerprint density at radius 2 is 1.87 bits per heavy atom. The fourth-order valence-electron chi connectivity index (χ4n) is 3.64. The second-order valence-electron chi connectivity index (χ2n) is 7.40. The Morgan fingerprint density at radius 3 is 2.53 bits per heavy atom. The molecule has 7 heteroatoms. The highest BCUT2D eigenvalue weighted by Crippen LogP contribution is 2.23. The summed E-state index contributed by atoms with van der Waals surface area (Å²) in [4.78, 5) is 34.2. The van der Waals surface area contributed by atoms with Gasteiger partial charge in [-0.25, -0.2) is 4.98 Å². The van der Waals surface area contributed by atoms with Crippen LogP contribution in [0.3, 0.4) is 0 Å². The number of nitrogens with one attached hydrogen (secondary N) is 1. The molecular weight excluding hydrogens is 396 g/mol. The van der Waals surface area contributed by atoms with Gasteiger partial charge in [-0.3, -0.25) is 14.9 Å². The van der Waals surface area contributed by atoms with E-state index in [1.165, 1.54) is 0 Å². The lowest BCUT2D eigenvalue weighted by Crippen LogP contribution is -2.27. The summed E-state index contributed by atoms with van der Waals surface area (Å²) in [5.41, 5.74) is 2.59. The molecule has 0 radical (unpaired) electrons. The van der Waals surface area contributed by atoms with Gasteiger partial charge in [-0.2, -0.15) is 0 Å². The van der Waals surface area contributed by atoms with E-state index in [1.807, 2.05) is 44.2 Å². The average Bonchev–Trinajstić information content (AvgIpc) is 3.25. The third-order valence-electron chi connectivity index (χ3n) is 5.36. The maximum Gasteiger partial charge on any atom is 0.227 e. The zero-order valence-electron chi connectivity index (χ0n) is 18.2. The van der Waals surface area contributed by atoms with Crippen LogP contribution in [0.15, 0.2) is 30.3 Å². The third-order valence-corrected chi connectivity index (χ3v) is 6.33. The van der Waals surface area contributed by atoms with E-state index in [0.29, 0.717) is 5.95 Å². The lowest BCUT2D eigenvalue weighted by Gasteiger charge is -2.19. The number of imidazole rings is 1. The van der Waals surface area contributed by atoms with E-state index in [1.54, 1.807) is 11.3 Å². The maximum atomic E-state index is 12.6. The molecule has 1 N–H and O–H groups in total. The first-order chi connectivity index (χ1) is 14.4. The number of carbonyl (C=O) groups excluding carboxylic acids is 2. The summed E-state index contributed by atoms with van der Waals surface area (Å²) in [6.45, 7) is 11.8. The van der Waals surface area contributed by atoms with E-state index in [0.717, 1.165) is 52.5 Å². The molecule has 3 rings (SSSR count). The summed E-state index contributed by atoms with van der Waals surface area (Å²) in [5, 5.41) is 2.93. The van der Waals surface area contributed by atoms with Gasteiger partial charge in [-0.15, -0.1) is 11.3 Å². The molecule has 30 heavy (non-hydrogen) atoms. The second kappa shape index (κ2) is 10.00. The van der Waals surface area contributed by atoms with Crippen LogP contribution in [0.1, 0.15) is 46.8 Å². The van der Waals surface area contributed by atoms with Crippen LogP contribution in [0, 0.1) is 13.8 Å². The summed E-state index contributed by atoms with van der Waals surface area (Å²) in [6.07, 6.45) is 0.342. The van der Waals surface area contributed by atoms with Crippen LogP contribution in [0.2, 0.25) is 0 Å². The van der Waals surface area contributed by atoms with E-state index in [-0.39, 0.29) is 24.5 Å². The van der Waals surface area contributed by atoms with Crippen molar-refractivity contribution in [1.82, 2.24) is 14.5 Å². The molecule has 0 fully saturated rings. The van der Waals surface area contributed by atoms with Crippen molar-refractivity contribution in [2.75, 3.05) is 25.0 Å². The van der Waals surface area contributed by atoms with Gasteiger partial charge < -0.3 is 9.47 Å². The first-order valence-corrected chi connectivity index (χ1v) is 11.3. The fourth-order valence-corrected chi connectivity index (χ4v) is 4.58. The molecule has 0 aliphatic carbocycles. The minimum atomic E-state index is -0.188. The molecular formula is C23H30N4O2S. The van der Waals surface area contributed by atoms with Gasteiger partial charge in [-0.05, 0) is 45.1 Å². The van der Waals surface area contributed by atoms with E-state index < -0.39 is 0 Å². The van der Waals surface area contributed by atoms with Gasteiger partial charge in [0.05, 0.1) is 11.0 Å². The predicted octanol–water partition coefficient (Wildman–Crippen LogP) is 4.66. The zero-order valence-corrected chi connectivity index (χ0v) is 19.0. The fraction of sp³-hybridized carbons (Fsp3) is 0.435. The number of aromatic nitrogens is 2. The molecule has 3 aromatic rings. The summed E-state index contributed by atoms with van der Waals surface area (Å²) in [7, 11) is 0. The van der Waals surface area contributed by atoms with Crippen LogP contribution in [0.5, 0.6) is 0 Å². The topological polar surface area (TPSA) is 67.2 Å². The number of likely N-dealkylation sites (N-methyl/N-ethyl adjacent to an activating group) is 1. The Labute approximate surface area is 181 Å². The van der Waals surface area contributed by atoms with Crippen molar-refractivity contribution < 1.29 is 9.59 Å². The van der Waals surface area contributed by atoms with Crippen molar-refractivity contribution in [3.63, 3.8) is 0 Å². The molecule has 0 spiro atoms. The van der Waals surface area contributed by atoms with E-state index in [2.05, 4.69) is 33.6 Å². The Balaban J connectivity index is 1.69. The lowest BCUT2D eigenvalue weighted by molar-refractivity contribution is -0.116. The summed E-state index contributed by atoms with van der Waals surface area (Å²) >= 11 is 1.61. The number of carbonyl (C=O) groups is 2. The molecule has 0 aliphatic rings. The van der Waals surface area contributed by atoms with Gasteiger partial charge in [0.2, 0.25) is 11.9 Å². The van der Waals surface area contributed by atoms with E-state index in [4.69, 9.17) is 0 Å². The number of hydrogen-bond acceptors (Lipinski definition) is 5. The predicted molar refractivity (Wildman–Crippen MR) is 124 cm³/mol. The smallest absolute Gasteiger partial charge is 0.227 e. The number of benzene rings is 1. The molecule has 1 amide bonds. The number of fused-ring (bicyclic) bond motifs is 1. The zero-order chi connectivity index (χ0) is 21.7. The average molecular weight is 427 g/mol. The number of para-hydroxylation sites is 2. The van der Waals surface area contributed by atoms with Crippen LogP contribution >= 0.6 is 11.3 Å². The van der Waals surface area contributed by atoms with Gasteiger partial charge >= 0.3 is 0 Å². The van der Waals surface area contributed by atoms with E-state index >= 15 is 0 Å². The second-order valence-corrected chi connectivity index (χ2v) is 8.86. The lowest BCUT2D eigenvalue weighted by atomic mass is 10.1. The van der Waals surface area contributed by atoms with Crippen molar-refractivity contribution in [1.29, 1.82) is 0 Å². The number of Topliss-reactive ketones (excluding diaryl/α,β-unsaturated/α-hetero) is 1. The number of thiophene rings is 1. The summed E-state index contributed by atoms with van der Waals surface area (Å²) < 4.78 is 2.06. The molecule has 0 aliphatic heterocycles. The highest BCUT2D eigenvalue weighted by molar-refractivity contribution is 7.12. The van der Waals surface area contributed by atoms with Crippen LogP contribution in [0.4, 0.5) is 5.95 Å². The van der Waals surface area contributed by atoms with Crippen LogP contribution in [0.25, 0.3) is 11.0 Å². The largest absolute Gasteiger partial charge is 0.309 e. The highest BCUT2D eigenvalue weighted by atomic mass is 32.1. The number of nitrogens with zero attached hydrogens (tertiary/aromatic N) is 3. The number of hydrogen-bond donors (Lipinski definition) is 1. The van der Waals surface area contributed by atoms with Gasteiger partial charge in [0.15, 0.2) is 5.78 Å². The van der Waals surface area contributed by atoms with E-state index in [9.17, 15) is 9.59 Å². The number of aryl methyl sites for hydroxylation is 2. The van der Waals surface area contributed by atoms with Crippen molar-refractivity contribution in [3.05, 3.63) is 45.6 Å². The van der Waals surface area contributed by atoms with Crippen molar-refractivity contribution in [3.8, 4) is 0 Å². The quantitative estimate of drug-likeness (QED) is 0.479. The van der Waals surface area contributed by atoms with Crippen molar-refractivity contribution >= 4 is 40.0 Å². The van der Waals surface area contributed by atoms with Crippen LogP contribution in [-0.4, -0.2) is 45.8 Å². The summed E-state index contributed by atoms with van der Waals surface area (Å²) in [6, 6.07) is 9.80. The number of rotatable bonds is 10. The molecule has 0 saturated carbocycles. The third kappa shape index (κ3) is 5.15. The SMILES string of the molecule is CCN(CC)CCn1c(NC(=O)CCC(=O)c2cc(C)sc2C)nc2ccccc21. The molecule has 2 aromatic heterocycles. The standard InChI is InChI=1S/C23H30N4O2S/c1-5-26(6-2)13-14-27-20-10-8-7-9-19(20)24-23(27)25-22(29)12-11-21(28)18-15-16(3)30-17(18)4/h7-10,15H,5-6,11-14H2,1-4H3,(H,24,25,29). The minimum Gasteiger partial charge on any atom is -0.309 e. The molecule has 0 unspecified atom stereocenters. The van der Waals surface area contributed by atoms with Gasteiger partial charge in [0.1, 0.15) is 0 Å². The molecule has 2 heterocycles. The molecule has 1 aromatic carbocycles. The van der Waals surface area contributed by atoms with Gasteiger partial charge in [0, 0.05) is 41.2 Å². The molecule has 6 nitrogen and oxygen atoms in total. The van der Waals surface area contributed by atoms with Gasteiger partial charge in [0.25, 0.3) is 0 Å². The molecule has 0 saturated heterocycles. The summed E-state index contributed by atoms with van der Waals surface area (Å²) in [5.74, 6) is 0.373. The normalized spacial score (nSPS) is 11.4. The Kier molecular flexibility index (Phi) is 7.39. The number of anilines is 1. The Morgan fingerprint density at radius 1 is 1.13 bits per heavy atom. The maximum absolute atomic E-state index is 12.6. The minimum absolute atomic E-state index is 0.0158. The van der Waals surface area contributed by atoms with Crippen LogP contribution in [-0.2, 0) is 11.3 Å². The van der Waals surface area contributed by atoms with Crippen molar-refractivity contribution in [2.24, 2.45) is 0 Å². The van der Waals surface area contributed by atoms with Gasteiger partial charge in [-0.1, -0.05) is 26.0 Å². The molecule has 0 atom stereocenters. The first-order valence-electron chi connectivity index (χ1n) is 10.5. The number of ketones is 1. The monoisotopic (exact) mass is 426 g/mol. The molecule has 0 bridgehead atoms.